The SMILES string of the molecule is CCc1cc2ccc(N)c3ccc4cccc1c4c23. The first-order chi connectivity index (χ1) is 9.29. The number of nitrogen functional groups attached to an aromatic ring is 1. The van der Waals surface area contributed by atoms with Crippen molar-refractivity contribution in [3.8, 4) is 0 Å². The molecule has 0 unspecified atom stereocenters. The second kappa shape index (κ2) is 3.61. The molecule has 0 aliphatic heterocycles. The highest BCUT2D eigenvalue weighted by Crippen LogP contribution is 2.38. The smallest absolute Gasteiger partial charge is 0.0394 e. The Morgan fingerprint density at radius 2 is 1.63 bits per heavy atom. The third-order valence-electron chi connectivity index (χ3n) is 4.14. The summed E-state index contributed by atoms with van der Waals surface area (Å²) in [5.74, 6) is 0. The van der Waals surface area contributed by atoms with Gasteiger partial charge in [0.25, 0.3) is 0 Å². The van der Waals surface area contributed by atoms with Crippen molar-refractivity contribution in [1.82, 2.24) is 0 Å². The van der Waals surface area contributed by atoms with Gasteiger partial charge in [0.15, 0.2) is 0 Å². The summed E-state index contributed by atoms with van der Waals surface area (Å²) < 4.78 is 0. The highest BCUT2D eigenvalue weighted by molar-refractivity contribution is 6.25. The van der Waals surface area contributed by atoms with Gasteiger partial charge in [-0.25, -0.2) is 0 Å². The molecule has 1 nitrogen and oxygen atoms in total. The van der Waals surface area contributed by atoms with E-state index >= 15 is 0 Å². The molecule has 0 spiro atoms. The van der Waals surface area contributed by atoms with Gasteiger partial charge in [-0.2, -0.15) is 0 Å². The standard InChI is InChI=1S/C18H15N/c1-2-11-10-13-7-9-16(19)15-8-6-12-4-3-5-14(11)17(12)18(13)15/h3-10H,2,19H2,1H3. The van der Waals surface area contributed by atoms with Gasteiger partial charge in [-0.1, -0.05) is 49.4 Å². The van der Waals surface area contributed by atoms with E-state index in [9.17, 15) is 0 Å². The van der Waals surface area contributed by atoms with E-state index < -0.39 is 0 Å². The van der Waals surface area contributed by atoms with E-state index in [2.05, 4.69) is 49.4 Å². The maximum atomic E-state index is 6.14. The summed E-state index contributed by atoms with van der Waals surface area (Å²) in [6, 6.07) is 17.3. The fraction of sp³-hybridized carbons (Fsp3) is 0.111. The molecule has 0 heterocycles. The van der Waals surface area contributed by atoms with E-state index in [0.717, 1.165) is 12.1 Å². The fourth-order valence-corrected chi connectivity index (χ4v) is 3.22. The Bertz CT molecular complexity index is 906. The van der Waals surface area contributed by atoms with Crippen LogP contribution in [-0.2, 0) is 6.42 Å². The Morgan fingerprint density at radius 3 is 2.47 bits per heavy atom. The average molecular weight is 245 g/mol. The molecular formula is C18H15N. The Morgan fingerprint density at radius 1 is 0.842 bits per heavy atom. The van der Waals surface area contributed by atoms with Crippen molar-refractivity contribution in [3.63, 3.8) is 0 Å². The van der Waals surface area contributed by atoms with Gasteiger partial charge in [-0.3, -0.25) is 0 Å². The summed E-state index contributed by atoms with van der Waals surface area (Å²) in [7, 11) is 0. The predicted molar refractivity (Wildman–Crippen MR) is 83.9 cm³/mol. The Kier molecular flexibility index (Phi) is 2.02. The van der Waals surface area contributed by atoms with Gasteiger partial charge in [0.05, 0.1) is 0 Å². The molecule has 4 rings (SSSR count). The van der Waals surface area contributed by atoms with Crippen LogP contribution in [0.4, 0.5) is 5.69 Å². The van der Waals surface area contributed by atoms with Crippen LogP contribution in [0.15, 0.2) is 48.5 Å². The van der Waals surface area contributed by atoms with E-state index in [1.807, 2.05) is 6.07 Å². The number of nitrogens with two attached hydrogens (primary N) is 1. The molecule has 0 bridgehead atoms. The Balaban J connectivity index is 2.42. The number of aryl methyl sites for hydroxylation is 1. The lowest BCUT2D eigenvalue weighted by Crippen LogP contribution is -1.92. The zero-order valence-corrected chi connectivity index (χ0v) is 10.9. The molecule has 0 saturated carbocycles. The molecule has 1 heteroatoms. The normalized spacial score (nSPS) is 11.8. The molecule has 92 valence electrons. The molecular weight excluding hydrogens is 230 g/mol. The van der Waals surface area contributed by atoms with Crippen molar-refractivity contribution in [3.05, 3.63) is 54.1 Å². The average Bonchev–Trinajstić information content (AvgIpc) is 2.46. The Labute approximate surface area is 112 Å². The third kappa shape index (κ3) is 1.30. The van der Waals surface area contributed by atoms with Crippen molar-refractivity contribution in [2.45, 2.75) is 13.3 Å². The minimum atomic E-state index is 0.865. The fourth-order valence-electron chi connectivity index (χ4n) is 3.22. The lowest BCUT2D eigenvalue weighted by molar-refractivity contribution is 1.16. The van der Waals surface area contributed by atoms with Crippen molar-refractivity contribution >= 4 is 38.0 Å². The van der Waals surface area contributed by atoms with Gasteiger partial charge in [-0.15, -0.1) is 0 Å². The lowest BCUT2D eigenvalue weighted by Gasteiger charge is -2.14. The van der Waals surface area contributed by atoms with Crippen LogP contribution in [0.2, 0.25) is 0 Å². The second-order valence-corrected chi connectivity index (χ2v) is 5.16. The summed E-state index contributed by atoms with van der Waals surface area (Å²) >= 11 is 0. The van der Waals surface area contributed by atoms with Crippen molar-refractivity contribution in [1.29, 1.82) is 0 Å². The summed E-state index contributed by atoms with van der Waals surface area (Å²) in [5, 5.41) is 7.81. The van der Waals surface area contributed by atoms with E-state index in [4.69, 9.17) is 5.73 Å². The van der Waals surface area contributed by atoms with Crippen LogP contribution >= 0.6 is 0 Å². The van der Waals surface area contributed by atoms with E-state index in [-0.39, 0.29) is 0 Å². The maximum Gasteiger partial charge on any atom is 0.0394 e. The van der Waals surface area contributed by atoms with Crippen LogP contribution < -0.4 is 5.73 Å². The molecule has 0 amide bonds. The molecule has 19 heavy (non-hydrogen) atoms. The first-order valence-electron chi connectivity index (χ1n) is 6.74. The highest BCUT2D eigenvalue weighted by atomic mass is 14.5. The molecule has 0 aromatic heterocycles. The summed E-state index contributed by atoms with van der Waals surface area (Å²) in [5.41, 5.74) is 8.41. The van der Waals surface area contributed by atoms with Crippen LogP contribution in [0.25, 0.3) is 32.3 Å². The summed E-state index contributed by atoms with van der Waals surface area (Å²) in [4.78, 5) is 0. The van der Waals surface area contributed by atoms with Crippen LogP contribution in [0, 0.1) is 0 Å². The third-order valence-corrected chi connectivity index (χ3v) is 4.14. The first kappa shape index (κ1) is 10.6. The topological polar surface area (TPSA) is 26.0 Å². The maximum absolute atomic E-state index is 6.14. The number of rotatable bonds is 1. The van der Waals surface area contributed by atoms with Gasteiger partial charge in [0.2, 0.25) is 0 Å². The van der Waals surface area contributed by atoms with Gasteiger partial charge in [0, 0.05) is 11.1 Å². The monoisotopic (exact) mass is 245 g/mol. The van der Waals surface area contributed by atoms with Crippen LogP contribution in [0.5, 0.6) is 0 Å². The van der Waals surface area contributed by atoms with Gasteiger partial charge in [0.1, 0.15) is 0 Å². The van der Waals surface area contributed by atoms with Gasteiger partial charge < -0.3 is 5.73 Å². The minimum absolute atomic E-state index is 0.865. The molecule has 0 radical (unpaired) electrons. The zero-order chi connectivity index (χ0) is 13.0. The minimum Gasteiger partial charge on any atom is -0.398 e. The van der Waals surface area contributed by atoms with Crippen molar-refractivity contribution in [2.24, 2.45) is 0 Å². The van der Waals surface area contributed by atoms with Crippen LogP contribution in [0.1, 0.15) is 12.5 Å². The van der Waals surface area contributed by atoms with Gasteiger partial charge in [-0.05, 0) is 45.0 Å². The molecule has 4 aromatic carbocycles. The number of benzene rings is 4. The van der Waals surface area contributed by atoms with E-state index in [1.54, 1.807) is 0 Å². The molecule has 2 N–H and O–H groups in total. The molecule has 0 fully saturated rings. The molecule has 0 saturated heterocycles. The zero-order valence-electron chi connectivity index (χ0n) is 10.9. The molecule has 0 atom stereocenters. The molecule has 0 aliphatic carbocycles. The van der Waals surface area contributed by atoms with Crippen LogP contribution in [0.3, 0.4) is 0 Å². The highest BCUT2D eigenvalue weighted by Gasteiger charge is 2.11. The molecule has 0 aliphatic rings. The quantitative estimate of drug-likeness (QED) is 0.381. The Hall–Kier alpha value is -2.28. The van der Waals surface area contributed by atoms with E-state index in [1.165, 1.54) is 37.9 Å². The van der Waals surface area contributed by atoms with Crippen molar-refractivity contribution in [2.75, 3.05) is 5.73 Å². The predicted octanol–water partition coefficient (Wildman–Crippen LogP) is 4.73. The van der Waals surface area contributed by atoms with Crippen LogP contribution in [-0.4, -0.2) is 0 Å². The van der Waals surface area contributed by atoms with E-state index in [0.29, 0.717) is 0 Å². The summed E-state index contributed by atoms with van der Waals surface area (Å²) in [6.45, 7) is 2.22. The second-order valence-electron chi connectivity index (χ2n) is 5.16. The largest absolute Gasteiger partial charge is 0.398 e. The number of anilines is 1. The number of hydrogen-bond donors (Lipinski definition) is 1. The lowest BCUT2D eigenvalue weighted by atomic mass is 9.90. The first-order valence-corrected chi connectivity index (χ1v) is 6.74. The van der Waals surface area contributed by atoms with Crippen molar-refractivity contribution < 1.29 is 0 Å². The molecule has 4 aromatic rings. The summed E-state index contributed by atoms with van der Waals surface area (Å²) in [6.07, 6.45) is 1.05. The number of hydrogen-bond acceptors (Lipinski definition) is 1. The van der Waals surface area contributed by atoms with Gasteiger partial charge >= 0.3 is 0 Å².